The maximum atomic E-state index is 12.6. The predicted octanol–water partition coefficient (Wildman–Crippen LogP) is 0.388. The molecule has 3 rings (SSSR count). The third kappa shape index (κ3) is 3.94. The topological polar surface area (TPSA) is 64.1 Å². The number of amides is 1. The van der Waals surface area contributed by atoms with Crippen LogP contribution in [-0.2, 0) is 16.0 Å². The highest BCUT2D eigenvalue weighted by molar-refractivity contribution is 5.79. The molecule has 2 aliphatic heterocycles. The van der Waals surface area contributed by atoms with Gasteiger partial charge in [0.1, 0.15) is 0 Å². The van der Waals surface area contributed by atoms with Gasteiger partial charge in [-0.05, 0) is 12.6 Å². The van der Waals surface area contributed by atoms with E-state index in [2.05, 4.69) is 9.80 Å². The van der Waals surface area contributed by atoms with Crippen molar-refractivity contribution in [2.45, 2.75) is 12.5 Å². The summed E-state index contributed by atoms with van der Waals surface area (Å²) in [5.74, 6) is -0.931. The Hall–Kier alpha value is -1.92. The Bertz CT molecular complexity index is 592. The molecule has 1 aromatic carbocycles. The molecule has 0 spiro atoms. The first-order chi connectivity index (χ1) is 11.5. The van der Waals surface area contributed by atoms with Crippen molar-refractivity contribution in [3.63, 3.8) is 0 Å². The van der Waals surface area contributed by atoms with Gasteiger partial charge in [-0.2, -0.15) is 0 Å². The van der Waals surface area contributed by atoms with Crippen LogP contribution in [0.5, 0.6) is 0 Å². The highest BCUT2D eigenvalue weighted by atomic mass is 16.4. The zero-order valence-corrected chi connectivity index (χ0v) is 14.1. The number of hydrogen-bond donors (Lipinski definition) is 1. The molecule has 2 heterocycles. The summed E-state index contributed by atoms with van der Waals surface area (Å²) in [4.78, 5) is 30.2. The van der Waals surface area contributed by atoms with Crippen LogP contribution in [0, 0.1) is 5.92 Å². The predicted molar refractivity (Wildman–Crippen MR) is 90.7 cm³/mol. The Balaban J connectivity index is 1.63. The van der Waals surface area contributed by atoms with Crippen LogP contribution >= 0.6 is 0 Å². The van der Waals surface area contributed by atoms with Crippen LogP contribution < -0.4 is 0 Å². The average molecular weight is 331 g/mol. The van der Waals surface area contributed by atoms with E-state index >= 15 is 0 Å². The second kappa shape index (κ2) is 7.32. The Morgan fingerprint density at radius 2 is 1.83 bits per heavy atom. The van der Waals surface area contributed by atoms with Gasteiger partial charge in [0.25, 0.3) is 0 Å². The Morgan fingerprint density at radius 1 is 1.08 bits per heavy atom. The summed E-state index contributed by atoms with van der Waals surface area (Å²) in [5.41, 5.74) is 1.04. The van der Waals surface area contributed by atoms with Gasteiger partial charge in [-0.15, -0.1) is 0 Å². The van der Waals surface area contributed by atoms with Gasteiger partial charge in [-0.25, -0.2) is 0 Å². The number of piperazine rings is 1. The SMILES string of the molecule is CN1C[C@H](C(=O)O)CN2CCN(C(=O)Cc3ccccc3)C[C@@H]2C1. The van der Waals surface area contributed by atoms with Crippen molar-refractivity contribution in [2.75, 3.05) is 46.3 Å². The fraction of sp³-hybridized carbons (Fsp3) is 0.556. The maximum absolute atomic E-state index is 12.6. The molecule has 130 valence electrons. The third-order valence-corrected chi connectivity index (χ3v) is 5.01. The van der Waals surface area contributed by atoms with Crippen LogP contribution in [0.2, 0.25) is 0 Å². The molecule has 2 aliphatic rings. The van der Waals surface area contributed by atoms with Crippen molar-refractivity contribution in [1.82, 2.24) is 14.7 Å². The van der Waals surface area contributed by atoms with E-state index in [1.54, 1.807) is 0 Å². The summed E-state index contributed by atoms with van der Waals surface area (Å²) in [6, 6.07) is 10.0. The zero-order valence-electron chi connectivity index (χ0n) is 14.1. The number of nitrogens with zero attached hydrogens (tertiary/aromatic N) is 3. The molecule has 6 nitrogen and oxygen atoms in total. The number of carboxylic acid groups (broad SMARTS) is 1. The van der Waals surface area contributed by atoms with E-state index in [1.807, 2.05) is 42.3 Å². The lowest BCUT2D eigenvalue weighted by atomic mass is 10.1. The molecule has 1 N–H and O–H groups in total. The van der Waals surface area contributed by atoms with E-state index in [4.69, 9.17) is 0 Å². The first kappa shape index (κ1) is 16.9. The van der Waals surface area contributed by atoms with Gasteiger partial charge in [0.15, 0.2) is 0 Å². The molecule has 1 aromatic rings. The minimum absolute atomic E-state index is 0.155. The smallest absolute Gasteiger partial charge is 0.309 e. The van der Waals surface area contributed by atoms with Gasteiger partial charge in [0.2, 0.25) is 5.91 Å². The van der Waals surface area contributed by atoms with Crippen LogP contribution in [0.15, 0.2) is 30.3 Å². The first-order valence-corrected chi connectivity index (χ1v) is 8.50. The molecule has 0 aromatic heterocycles. The highest BCUT2D eigenvalue weighted by Gasteiger charge is 2.36. The summed E-state index contributed by atoms with van der Waals surface area (Å²) in [6.07, 6.45) is 0.432. The van der Waals surface area contributed by atoms with Gasteiger partial charge in [0.05, 0.1) is 12.3 Å². The van der Waals surface area contributed by atoms with Crippen molar-refractivity contribution >= 4 is 11.9 Å². The number of carbonyl (C=O) groups excluding carboxylic acids is 1. The van der Waals surface area contributed by atoms with Crippen molar-refractivity contribution in [1.29, 1.82) is 0 Å². The van der Waals surface area contributed by atoms with E-state index in [-0.39, 0.29) is 17.9 Å². The first-order valence-electron chi connectivity index (χ1n) is 8.50. The van der Waals surface area contributed by atoms with E-state index in [0.717, 1.165) is 18.7 Å². The zero-order chi connectivity index (χ0) is 17.1. The molecule has 6 heteroatoms. The van der Waals surface area contributed by atoms with Crippen LogP contribution in [0.25, 0.3) is 0 Å². The van der Waals surface area contributed by atoms with E-state index in [0.29, 0.717) is 32.6 Å². The lowest BCUT2D eigenvalue weighted by Gasteiger charge is -2.41. The molecule has 24 heavy (non-hydrogen) atoms. The van der Waals surface area contributed by atoms with Crippen LogP contribution in [0.1, 0.15) is 5.56 Å². The minimum atomic E-state index is -0.731. The fourth-order valence-electron chi connectivity index (χ4n) is 3.72. The van der Waals surface area contributed by atoms with Crippen molar-refractivity contribution < 1.29 is 14.7 Å². The normalized spacial score (nSPS) is 25.8. The minimum Gasteiger partial charge on any atom is -0.481 e. The Morgan fingerprint density at radius 3 is 2.54 bits per heavy atom. The molecule has 0 aliphatic carbocycles. The van der Waals surface area contributed by atoms with E-state index in [1.165, 1.54) is 0 Å². The molecule has 0 bridgehead atoms. The summed E-state index contributed by atoms with van der Waals surface area (Å²) >= 11 is 0. The fourth-order valence-corrected chi connectivity index (χ4v) is 3.72. The number of fused-ring (bicyclic) bond motifs is 1. The number of rotatable bonds is 3. The van der Waals surface area contributed by atoms with Gasteiger partial charge in [-0.1, -0.05) is 30.3 Å². The molecule has 0 unspecified atom stereocenters. The number of benzene rings is 1. The second-order valence-electron chi connectivity index (χ2n) is 6.91. The Labute approximate surface area is 142 Å². The summed E-state index contributed by atoms with van der Waals surface area (Å²) in [7, 11) is 1.96. The molecular formula is C18H25N3O3. The quantitative estimate of drug-likeness (QED) is 0.868. The molecule has 0 radical (unpaired) electrons. The van der Waals surface area contributed by atoms with Crippen LogP contribution in [0.4, 0.5) is 0 Å². The average Bonchev–Trinajstić information content (AvgIpc) is 2.73. The molecule has 2 atom stereocenters. The molecule has 1 amide bonds. The number of hydrogen-bond acceptors (Lipinski definition) is 4. The van der Waals surface area contributed by atoms with E-state index < -0.39 is 5.97 Å². The number of likely N-dealkylation sites (N-methyl/N-ethyl adjacent to an activating group) is 1. The largest absolute Gasteiger partial charge is 0.481 e. The number of carboxylic acids is 1. The lowest BCUT2D eigenvalue weighted by molar-refractivity contribution is -0.143. The molecule has 2 fully saturated rings. The second-order valence-corrected chi connectivity index (χ2v) is 6.91. The summed E-state index contributed by atoms with van der Waals surface area (Å²) in [5, 5.41) is 9.36. The monoisotopic (exact) mass is 331 g/mol. The molecule has 0 saturated carbocycles. The summed E-state index contributed by atoms with van der Waals surface area (Å²) < 4.78 is 0. The maximum Gasteiger partial charge on any atom is 0.309 e. The molecular weight excluding hydrogens is 306 g/mol. The van der Waals surface area contributed by atoms with Crippen LogP contribution in [0.3, 0.4) is 0 Å². The summed E-state index contributed by atoms with van der Waals surface area (Å²) in [6.45, 7) is 4.06. The van der Waals surface area contributed by atoms with Gasteiger partial charge >= 0.3 is 5.97 Å². The van der Waals surface area contributed by atoms with Crippen molar-refractivity contribution in [2.24, 2.45) is 5.92 Å². The van der Waals surface area contributed by atoms with Gasteiger partial charge in [0, 0.05) is 45.3 Å². The van der Waals surface area contributed by atoms with Crippen molar-refractivity contribution in [3.8, 4) is 0 Å². The van der Waals surface area contributed by atoms with Crippen molar-refractivity contribution in [3.05, 3.63) is 35.9 Å². The third-order valence-electron chi connectivity index (χ3n) is 5.01. The Kier molecular flexibility index (Phi) is 5.16. The standard InChI is InChI=1S/C18H25N3O3/c1-19-10-15(18(23)24)11-20-7-8-21(13-16(20)12-19)17(22)9-14-5-3-2-4-6-14/h2-6,15-16H,7-13H2,1H3,(H,23,24)/t15-,16-/m0/s1. The van der Waals surface area contributed by atoms with E-state index in [9.17, 15) is 14.7 Å². The van der Waals surface area contributed by atoms with Gasteiger partial charge in [-0.3, -0.25) is 14.5 Å². The highest BCUT2D eigenvalue weighted by Crippen LogP contribution is 2.19. The van der Waals surface area contributed by atoms with Gasteiger partial charge < -0.3 is 14.9 Å². The molecule has 2 saturated heterocycles. The van der Waals surface area contributed by atoms with Crippen LogP contribution in [-0.4, -0.2) is 84.0 Å². The number of carbonyl (C=O) groups is 2. The lowest BCUT2D eigenvalue weighted by Crippen LogP contribution is -2.57. The number of aliphatic carboxylic acids is 1.